The van der Waals surface area contributed by atoms with Crippen molar-refractivity contribution >= 4 is 39.7 Å². The Morgan fingerprint density at radius 1 is 1.12 bits per heavy atom. The fraction of sp³-hybridized carbons (Fsp3) is 0.300. The molecule has 2 amide bonds. The molecule has 3 aromatic carbocycles. The zero-order valence-electron chi connectivity index (χ0n) is 23.9. The number of benzene rings is 3. The van der Waals surface area contributed by atoms with E-state index in [1.807, 2.05) is 18.2 Å². The number of nitrogens with one attached hydrogen (secondary N) is 3. The van der Waals surface area contributed by atoms with E-state index in [2.05, 4.69) is 20.3 Å². The lowest BCUT2D eigenvalue weighted by molar-refractivity contribution is 0.122. The lowest BCUT2D eigenvalue weighted by Crippen LogP contribution is -2.37. The Morgan fingerprint density at radius 2 is 1.88 bits per heavy atom. The molecule has 0 aliphatic carbocycles. The number of morpholine rings is 1. The van der Waals surface area contributed by atoms with Crippen LogP contribution in [0.2, 0.25) is 0 Å². The van der Waals surface area contributed by atoms with Gasteiger partial charge in [0, 0.05) is 48.9 Å². The molecule has 5 rings (SSSR count). The van der Waals surface area contributed by atoms with E-state index >= 15 is 4.39 Å². The van der Waals surface area contributed by atoms with E-state index in [1.165, 1.54) is 0 Å². The maximum atomic E-state index is 15.8. The molecule has 13 heteroatoms. The van der Waals surface area contributed by atoms with Gasteiger partial charge in [0.1, 0.15) is 22.9 Å². The first kappa shape index (κ1) is 30.3. The van der Waals surface area contributed by atoms with Gasteiger partial charge in [-0.1, -0.05) is 18.2 Å². The third kappa shape index (κ3) is 7.08. The van der Waals surface area contributed by atoms with Crippen molar-refractivity contribution < 1.29 is 27.4 Å². The highest BCUT2D eigenvalue weighted by atomic mass is 32.2. The van der Waals surface area contributed by atoms with Crippen LogP contribution in [0.5, 0.6) is 5.75 Å². The van der Waals surface area contributed by atoms with E-state index in [1.54, 1.807) is 50.6 Å². The molecule has 1 saturated heterocycles. The molecule has 0 saturated carbocycles. The molecule has 11 nitrogen and oxygen atoms in total. The van der Waals surface area contributed by atoms with Crippen molar-refractivity contribution in [3.8, 4) is 28.3 Å². The van der Waals surface area contributed by atoms with E-state index in [9.17, 15) is 9.00 Å². The van der Waals surface area contributed by atoms with Crippen molar-refractivity contribution in [3.63, 3.8) is 0 Å². The average Bonchev–Trinajstić information content (AvgIpc) is 3.03. The van der Waals surface area contributed by atoms with Crippen LogP contribution in [0.3, 0.4) is 0 Å². The number of carbonyl (C=O) groups is 1. The number of fused-ring (bicyclic) bond motifs is 1. The van der Waals surface area contributed by atoms with E-state index in [0.717, 1.165) is 10.9 Å². The lowest BCUT2D eigenvalue weighted by Gasteiger charge is -2.29. The van der Waals surface area contributed by atoms with Gasteiger partial charge in [-0.25, -0.2) is 28.1 Å². The topological polar surface area (TPSA) is 138 Å². The molecular weight excluding hydrogens is 575 g/mol. The summed E-state index contributed by atoms with van der Waals surface area (Å²) >= 11 is -2.10. The lowest BCUT2D eigenvalue weighted by atomic mass is 9.98. The number of methoxy groups -OCH3 is 1. The SMILES string of the molecule is CNC(=O)Nc1ccc(-c2nc(N3CCOCC3)c3cc(-c4cccc(CCCNS(=O)O)c4F)cc(OC)c3n2)cc1. The van der Waals surface area contributed by atoms with Crippen LogP contribution in [-0.4, -0.2) is 71.8 Å². The molecule has 0 spiro atoms. The standard InChI is InChI=1S/C30H33FN6O5S/c1-32-30(38)34-22-10-8-20(9-11-22)28-35-27-24(29(36-28)37-13-15-42-16-14-37)17-21(18-25(27)41-2)23-7-3-5-19(26(23)31)6-4-12-33-43(39)40/h3,5,7-11,17-18,33H,4,6,12-16H2,1-2H3,(H,39,40)(H2,32,34,38). The maximum Gasteiger partial charge on any atom is 0.318 e. The van der Waals surface area contributed by atoms with E-state index in [-0.39, 0.29) is 18.4 Å². The second-order valence-corrected chi connectivity index (χ2v) is 10.6. The van der Waals surface area contributed by atoms with Crippen LogP contribution in [0.4, 0.5) is 20.7 Å². The second-order valence-electron chi connectivity index (χ2n) is 9.85. The molecule has 1 aliphatic heterocycles. The molecule has 2 heterocycles. The van der Waals surface area contributed by atoms with Gasteiger partial charge >= 0.3 is 6.03 Å². The summed E-state index contributed by atoms with van der Waals surface area (Å²) in [6.07, 6.45) is 0.895. The highest BCUT2D eigenvalue weighted by Gasteiger charge is 2.22. The minimum absolute atomic E-state index is 0.284. The predicted molar refractivity (Wildman–Crippen MR) is 165 cm³/mol. The quantitative estimate of drug-likeness (QED) is 0.154. The Kier molecular flexibility index (Phi) is 9.77. The van der Waals surface area contributed by atoms with Crippen molar-refractivity contribution in [2.75, 3.05) is 57.2 Å². The highest BCUT2D eigenvalue weighted by Crippen LogP contribution is 2.38. The molecule has 0 bridgehead atoms. The van der Waals surface area contributed by atoms with Gasteiger partial charge in [-0.2, -0.15) is 0 Å². The molecule has 43 heavy (non-hydrogen) atoms. The summed E-state index contributed by atoms with van der Waals surface area (Å²) in [5, 5.41) is 5.99. The van der Waals surface area contributed by atoms with Gasteiger partial charge in [0.15, 0.2) is 5.82 Å². The van der Waals surface area contributed by atoms with Gasteiger partial charge in [-0.05, 0) is 60.4 Å². The van der Waals surface area contributed by atoms with Crippen molar-refractivity contribution in [2.45, 2.75) is 12.8 Å². The number of ether oxygens (including phenoxy) is 2. The van der Waals surface area contributed by atoms with Gasteiger partial charge in [0.05, 0.1) is 20.3 Å². The Morgan fingerprint density at radius 3 is 2.58 bits per heavy atom. The smallest absolute Gasteiger partial charge is 0.318 e. The van der Waals surface area contributed by atoms with Crippen LogP contribution in [0, 0.1) is 5.82 Å². The van der Waals surface area contributed by atoms with Crippen LogP contribution >= 0.6 is 0 Å². The normalized spacial score (nSPS) is 14.0. The summed E-state index contributed by atoms with van der Waals surface area (Å²) in [4.78, 5) is 23.7. The number of hydrogen-bond donors (Lipinski definition) is 4. The average molecular weight is 609 g/mol. The van der Waals surface area contributed by atoms with Crippen LogP contribution in [0.15, 0.2) is 54.6 Å². The van der Waals surface area contributed by atoms with Gasteiger partial charge in [-0.15, -0.1) is 0 Å². The van der Waals surface area contributed by atoms with Crippen LogP contribution in [0.25, 0.3) is 33.4 Å². The van der Waals surface area contributed by atoms with Gasteiger partial charge in [0.25, 0.3) is 0 Å². The number of urea groups is 1. The molecule has 1 aromatic heterocycles. The van der Waals surface area contributed by atoms with Gasteiger partial charge in [0.2, 0.25) is 11.3 Å². The number of anilines is 2. The fourth-order valence-corrected chi connectivity index (χ4v) is 5.29. The first-order chi connectivity index (χ1) is 20.9. The number of aryl methyl sites for hydroxylation is 1. The number of halogens is 1. The first-order valence-corrected chi connectivity index (χ1v) is 14.9. The summed E-state index contributed by atoms with van der Waals surface area (Å²) in [5.74, 6) is 1.29. The summed E-state index contributed by atoms with van der Waals surface area (Å²) in [7, 11) is 3.10. The summed E-state index contributed by atoms with van der Waals surface area (Å²) in [6, 6.07) is 15.8. The molecule has 1 fully saturated rings. The minimum atomic E-state index is -2.10. The summed E-state index contributed by atoms with van der Waals surface area (Å²) < 4.78 is 49.4. The molecule has 1 atom stereocenters. The number of carbonyl (C=O) groups excluding carboxylic acids is 1. The molecule has 1 unspecified atom stereocenters. The third-order valence-electron chi connectivity index (χ3n) is 7.14. The van der Waals surface area contributed by atoms with Crippen LogP contribution < -0.4 is 25.0 Å². The molecule has 1 aliphatic rings. The Labute approximate surface area is 251 Å². The van der Waals surface area contributed by atoms with Crippen LogP contribution in [0.1, 0.15) is 12.0 Å². The van der Waals surface area contributed by atoms with Crippen molar-refractivity contribution in [1.29, 1.82) is 0 Å². The zero-order chi connectivity index (χ0) is 30.3. The number of nitrogens with zero attached hydrogens (tertiary/aromatic N) is 3. The zero-order valence-corrected chi connectivity index (χ0v) is 24.7. The Balaban J connectivity index is 1.58. The summed E-state index contributed by atoms with van der Waals surface area (Å²) in [5.41, 5.74) is 3.51. The van der Waals surface area contributed by atoms with Gasteiger partial charge in [-0.3, -0.25) is 4.55 Å². The molecule has 4 N–H and O–H groups in total. The second kappa shape index (κ2) is 13.9. The van der Waals surface area contributed by atoms with Gasteiger partial charge < -0.3 is 25.0 Å². The Hall–Kier alpha value is -4.17. The summed E-state index contributed by atoms with van der Waals surface area (Å²) in [6.45, 7) is 2.64. The monoisotopic (exact) mass is 608 g/mol. The number of rotatable bonds is 10. The fourth-order valence-electron chi connectivity index (χ4n) is 4.97. The van der Waals surface area contributed by atoms with Crippen LogP contribution in [-0.2, 0) is 22.4 Å². The van der Waals surface area contributed by atoms with Crippen molar-refractivity contribution in [1.82, 2.24) is 20.0 Å². The maximum absolute atomic E-state index is 15.8. The van der Waals surface area contributed by atoms with E-state index < -0.39 is 11.3 Å². The molecular formula is C30H33FN6O5S. The van der Waals surface area contributed by atoms with E-state index in [0.29, 0.717) is 84.4 Å². The predicted octanol–water partition coefficient (Wildman–Crippen LogP) is 4.36. The minimum Gasteiger partial charge on any atom is -0.494 e. The van der Waals surface area contributed by atoms with Crippen molar-refractivity contribution in [2.24, 2.45) is 0 Å². The number of hydrogen-bond acceptors (Lipinski definition) is 7. The van der Waals surface area contributed by atoms with Crippen molar-refractivity contribution in [3.05, 3.63) is 66.0 Å². The molecule has 226 valence electrons. The number of aromatic nitrogens is 2. The first-order valence-electron chi connectivity index (χ1n) is 13.8. The third-order valence-corrected chi connectivity index (χ3v) is 7.59. The molecule has 0 radical (unpaired) electrons. The largest absolute Gasteiger partial charge is 0.494 e. The van der Waals surface area contributed by atoms with E-state index in [4.69, 9.17) is 24.0 Å². The Bertz CT molecular complexity index is 1630. The highest BCUT2D eigenvalue weighted by molar-refractivity contribution is 7.77. The molecule has 4 aromatic rings. The number of amides is 2.